The van der Waals surface area contributed by atoms with Crippen LogP contribution in [0.5, 0.6) is 0 Å². The first-order valence-corrected chi connectivity index (χ1v) is 7.48. The van der Waals surface area contributed by atoms with Crippen LogP contribution in [-0.2, 0) is 9.59 Å². The van der Waals surface area contributed by atoms with Crippen LogP contribution in [0.4, 0.5) is 0 Å². The second-order valence-corrected chi connectivity index (χ2v) is 5.06. The van der Waals surface area contributed by atoms with Gasteiger partial charge in [0.15, 0.2) is 0 Å². The lowest BCUT2D eigenvalue weighted by molar-refractivity contribution is -0.127. The van der Waals surface area contributed by atoms with E-state index in [4.69, 9.17) is 16.4 Å². The molecule has 5 N–H and O–H groups in total. The molecule has 1 unspecified atom stereocenters. The number of primary amides is 1. The van der Waals surface area contributed by atoms with Crippen LogP contribution < -0.4 is 16.4 Å². The smallest absolute Gasteiger partial charge is 0.239 e. The summed E-state index contributed by atoms with van der Waals surface area (Å²) in [6, 6.07) is -0.670. The third-order valence-electron chi connectivity index (χ3n) is 3.01. The van der Waals surface area contributed by atoms with Crippen LogP contribution in [0.15, 0.2) is 5.11 Å². The van der Waals surface area contributed by atoms with Gasteiger partial charge in [0.1, 0.15) is 12.3 Å². The molecule has 0 aromatic rings. The molecule has 9 nitrogen and oxygen atoms in total. The van der Waals surface area contributed by atoms with Crippen molar-refractivity contribution in [2.24, 2.45) is 10.8 Å². The number of hydrogen-bond donors (Lipinski definition) is 4. The molecule has 0 heterocycles. The van der Waals surface area contributed by atoms with E-state index in [1.165, 1.54) is 0 Å². The molecule has 0 saturated carbocycles. The van der Waals surface area contributed by atoms with Gasteiger partial charge in [-0.1, -0.05) is 5.11 Å². The van der Waals surface area contributed by atoms with Gasteiger partial charge in [0.2, 0.25) is 11.8 Å². The highest BCUT2D eigenvalue weighted by Crippen LogP contribution is 2.03. The quantitative estimate of drug-likeness (QED) is 0.129. The van der Waals surface area contributed by atoms with Gasteiger partial charge in [0.25, 0.3) is 0 Å². The summed E-state index contributed by atoms with van der Waals surface area (Å²) in [5, 5.41) is 17.9. The number of rotatable bonds is 13. The van der Waals surface area contributed by atoms with E-state index in [0.29, 0.717) is 38.8 Å². The zero-order valence-corrected chi connectivity index (χ0v) is 13.0. The minimum Gasteiger partial charge on any atom is -0.379 e. The van der Waals surface area contributed by atoms with Crippen molar-refractivity contribution >= 4 is 11.8 Å². The molecule has 0 aromatic heterocycles. The average molecular weight is 314 g/mol. The number of amides is 2. The topological polar surface area (TPSA) is 153 Å². The lowest BCUT2D eigenvalue weighted by Gasteiger charge is -2.15. The molecule has 0 aromatic carbocycles. The van der Waals surface area contributed by atoms with Crippen LogP contribution >= 0.6 is 0 Å². The van der Waals surface area contributed by atoms with Crippen LogP contribution in [0.25, 0.3) is 10.4 Å². The summed E-state index contributed by atoms with van der Waals surface area (Å²) in [7, 11) is 0. The Labute approximate surface area is 130 Å². The number of nitrogens with two attached hydrogens (primary N) is 1. The summed E-state index contributed by atoms with van der Waals surface area (Å²) in [6.45, 7) is 2.63. The molecule has 0 fully saturated rings. The zero-order valence-electron chi connectivity index (χ0n) is 13.0. The van der Waals surface area contributed by atoms with Crippen molar-refractivity contribution in [1.82, 2.24) is 10.6 Å². The molecule has 2 amide bonds. The van der Waals surface area contributed by atoms with Gasteiger partial charge in [-0.2, -0.15) is 0 Å². The molecule has 22 heavy (non-hydrogen) atoms. The molecular weight excluding hydrogens is 288 g/mol. The van der Waals surface area contributed by atoms with E-state index < -0.39 is 18.2 Å². The summed E-state index contributed by atoms with van der Waals surface area (Å²) >= 11 is 0. The number of aliphatic hydroxyl groups is 1. The van der Waals surface area contributed by atoms with E-state index in [9.17, 15) is 9.59 Å². The van der Waals surface area contributed by atoms with Crippen molar-refractivity contribution in [3.63, 3.8) is 0 Å². The number of carbonyl (C=O) groups excluding carboxylic acids is 2. The van der Waals surface area contributed by atoms with Crippen molar-refractivity contribution in [3.05, 3.63) is 10.4 Å². The molecule has 0 aliphatic carbocycles. The van der Waals surface area contributed by atoms with E-state index in [-0.39, 0.29) is 12.3 Å². The molecule has 0 radical (unpaired) electrons. The minimum absolute atomic E-state index is 0.230. The number of nitrogens with zero attached hydrogens (tertiary/aromatic N) is 3. The molecule has 0 aliphatic rings. The Bertz CT molecular complexity index is 382. The second-order valence-electron chi connectivity index (χ2n) is 5.06. The molecule has 126 valence electrons. The van der Waals surface area contributed by atoms with E-state index in [1.54, 1.807) is 6.92 Å². The van der Waals surface area contributed by atoms with Crippen molar-refractivity contribution in [1.29, 1.82) is 0 Å². The van der Waals surface area contributed by atoms with E-state index in [0.717, 1.165) is 6.42 Å². The first-order valence-electron chi connectivity index (χ1n) is 7.48. The first-order chi connectivity index (χ1) is 10.5. The highest BCUT2D eigenvalue weighted by molar-refractivity contribution is 5.86. The molecule has 0 bridgehead atoms. The molecule has 9 heteroatoms. The van der Waals surface area contributed by atoms with Crippen LogP contribution in [0.2, 0.25) is 0 Å². The molecule has 0 saturated heterocycles. The SMILES string of the molecule is CC(O)NCCCC[C@H](NC(=O)CCCCN=[N+]=[N-])C(N)=O. The van der Waals surface area contributed by atoms with Gasteiger partial charge < -0.3 is 16.2 Å². The number of aliphatic hydroxyl groups excluding tert-OH is 1. The van der Waals surface area contributed by atoms with E-state index in [1.807, 2.05) is 0 Å². The summed E-state index contributed by atoms with van der Waals surface area (Å²) in [6.07, 6.45) is 2.90. The predicted molar refractivity (Wildman–Crippen MR) is 82.5 cm³/mol. The summed E-state index contributed by atoms with van der Waals surface area (Å²) in [5.41, 5.74) is 13.4. The Kier molecular flexibility index (Phi) is 11.8. The highest BCUT2D eigenvalue weighted by Gasteiger charge is 2.17. The summed E-state index contributed by atoms with van der Waals surface area (Å²) < 4.78 is 0. The molecule has 0 rings (SSSR count). The average Bonchev–Trinajstić information content (AvgIpc) is 2.45. The Hall–Kier alpha value is -1.83. The third kappa shape index (κ3) is 12.0. The van der Waals surface area contributed by atoms with Gasteiger partial charge in [-0.3, -0.25) is 14.9 Å². The van der Waals surface area contributed by atoms with E-state index >= 15 is 0 Å². The molecule has 0 aliphatic heterocycles. The van der Waals surface area contributed by atoms with Crippen molar-refractivity contribution in [2.45, 2.75) is 57.7 Å². The Balaban J connectivity index is 3.89. The Morgan fingerprint density at radius 3 is 2.64 bits per heavy atom. The maximum absolute atomic E-state index is 11.7. The second kappa shape index (κ2) is 12.9. The lowest BCUT2D eigenvalue weighted by Crippen LogP contribution is -2.44. The van der Waals surface area contributed by atoms with Crippen molar-refractivity contribution in [2.75, 3.05) is 13.1 Å². The van der Waals surface area contributed by atoms with Crippen LogP contribution in [0, 0.1) is 0 Å². The van der Waals surface area contributed by atoms with Gasteiger partial charge in [0, 0.05) is 17.9 Å². The Morgan fingerprint density at radius 1 is 1.32 bits per heavy atom. The third-order valence-corrected chi connectivity index (χ3v) is 3.01. The number of azide groups is 1. The fourth-order valence-electron chi connectivity index (χ4n) is 1.85. The van der Waals surface area contributed by atoms with Crippen molar-refractivity contribution < 1.29 is 14.7 Å². The van der Waals surface area contributed by atoms with Gasteiger partial charge in [-0.15, -0.1) is 0 Å². The highest BCUT2D eigenvalue weighted by atomic mass is 16.3. The summed E-state index contributed by atoms with van der Waals surface area (Å²) in [5.74, 6) is -0.780. The Morgan fingerprint density at radius 2 is 2.05 bits per heavy atom. The van der Waals surface area contributed by atoms with Gasteiger partial charge in [0.05, 0.1) is 0 Å². The fourth-order valence-corrected chi connectivity index (χ4v) is 1.85. The minimum atomic E-state index is -0.670. The van der Waals surface area contributed by atoms with Crippen LogP contribution in [0.3, 0.4) is 0 Å². The standard InChI is InChI=1S/C13H26N6O3/c1-10(20)16-8-4-2-6-11(13(14)22)18-12(21)7-3-5-9-17-19-15/h10-11,16,20H,2-9H2,1H3,(H2,14,22)(H,18,21)/t10?,11-/m0/s1. The lowest BCUT2D eigenvalue weighted by atomic mass is 10.1. The predicted octanol–water partition coefficient (Wildman–Crippen LogP) is 0.535. The largest absolute Gasteiger partial charge is 0.379 e. The van der Waals surface area contributed by atoms with E-state index in [2.05, 4.69) is 20.7 Å². The fraction of sp³-hybridized carbons (Fsp3) is 0.846. The molecular formula is C13H26N6O3. The molecule has 2 atom stereocenters. The first kappa shape index (κ1) is 20.2. The maximum Gasteiger partial charge on any atom is 0.239 e. The van der Waals surface area contributed by atoms with Crippen LogP contribution in [-0.4, -0.2) is 42.3 Å². The molecule has 0 spiro atoms. The van der Waals surface area contributed by atoms with Crippen molar-refractivity contribution in [3.8, 4) is 0 Å². The summed E-state index contributed by atoms with van der Waals surface area (Å²) in [4.78, 5) is 25.6. The number of hydrogen-bond acceptors (Lipinski definition) is 5. The maximum atomic E-state index is 11.7. The monoisotopic (exact) mass is 314 g/mol. The van der Waals surface area contributed by atoms with Gasteiger partial charge in [-0.25, -0.2) is 0 Å². The normalized spacial score (nSPS) is 13.0. The van der Waals surface area contributed by atoms with Gasteiger partial charge in [-0.05, 0) is 51.1 Å². The van der Waals surface area contributed by atoms with Crippen LogP contribution in [0.1, 0.15) is 45.4 Å². The number of unbranched alkanes of at least 4 members (excludes halogenated alkanes) is 2. The van der Waals surface area contributed by atoms with Gasteiger partial charge >= 0.3 is 0 Å². The number of nitrogens with one attached hydrogen (secondary N) is 2. The zero-order chi connectivity index (χ0) is 16.8. The number of carbonyl (C=O) groups is 2.